The van der Waals surface area contributed by atoms with Crippen molar-refractivity contribution in [3.63, 3.8) is 0 Å². The number of carboxylic acid groups (broad SMARTS) is 2. The summed E-state index contributed by atoms with van der Waals surface area (Å²) in [6.45, 7) is 0. The maximum Gasteiger partial charge on any atom is 2.00 e. The Morgan fingerprint density at radius 1 is 0.880 bits per heavy atom. The van der Waals surface area contributed by atoms with E-state index in [9.17, 15) is 19.8 Å². The Kier molecular flexibility index (Phi) is 11.1. The number of pyridine rings is 1. The first-order valence-electron chi connectivity index (χ1n) is 5.97. The summed E-state index contributed by atoms with van der Waals surface area (Å²) >= 11 is 0. The maximum absolute atomic E-state index is 10.2. The number of nitrogens with one attached hydrogen (secondary N) is 2. The number of carbonyl (C=O) groups excluding carboxylic acids is 2. The van der Waals surface area contributed by atoms with Crippen molar-refractivity contribution in [3.8, 4) is 11.6 Å². The molecule has 0 aliphatic carbocycles. The number of aromatic nitrogens is 5. The smallest absolute Gasteiger partial charge is 0.543 e. The maximum atomic E-state index is 10.2. The Hall–Kier alpha value is -3.05. The zero-order valence-electron chi connectivity index (χ0n) is 12.4. The number of carbonyl (C=O) groups is 2. The van der Waals surface area contributed by atoms with E-state index in [1.807, 2.05) is 0 Å². The minimum absolute atomic E-state index is 0. The number of hydrogen-bond acceptors (Lipinski definition) is 7. The van der Waals surface area contributed by atoms with E-state index in [4.69, 9.17) is 0 Å². The van der Waals surface area contributed by atoms with Crippen molar-refractivity contribution in [1.29, 1.82) is 0 Å². The zero-order valence-corrected chi connectivity index (χ0v) is 13.3. The quantitative estimate of drug-likeness (QED) is 0.340. The minimum Gasteiger partial charge on any atom is -0.543 e. The van der Waals surface area contributed by atoms with Crippen molar-refractivity contribution < 1.29 is 47.8 Å². The van der Waals surface area contributed by atoms with E-state index in [-0.39, 0.29) is 28.0 Å². The molecule has 0 aliphatic rings. The van der Waals surface area contributed by atoms with Crippen LogP contribution < -0.4 is 10.2 Å². The first-order chi connectivity index (χ1) is 10.6. The molecule has 3 rings (SSSR count). The molecule has 11 nitrogen and oxygen atoms in total. The average Bonchev–Trinajstić information content (AvgIpc) is 3.20. The van der Waals surface area contributed by atoms with Crippen LogP contribution in [0.25, 0.3) is 11.6 Å². The average molecular weight is 400 g/mol. The first-order valence-corrected chi connectivity index (χ1v) is 5.97. The zero-order chi connectivity index (χ0) is 15.9. The van der Waals surface area contributed by atoms with Gasteiger partial charge in [0.05, 0.1) is 23.3 Å². The number of nitrogens with zero attached hydrogens (tertiary/aromatic N) is 3. The molecule has 25 heavy (non-hydrogen) atoms. The third-order valence-corrected chi connectivity index (χ3v) is 2.39. The first kappa shape index (κ1) is 24.2. The number of aromatic amines is 2. The second kappa shape index (κ2) is 11.5. The molecular formula is C13H14CuN5O6+. The van der Waals surface area contributed by atoms with E-state index in [0.29, 0.717) is 0 Å². The summed E-state index contributed by atoms with van der Waals surface area (Å²) in [6, 6.07) is 3.53. The van der Waals surface area contributed by atoms with Crippen molar-refractivity contribution in [3.05, 3.63) is 54.4 Å². The normalized spacial score (nSPS) is 8.48. The van der Waals surface area contributed by atoms with E-state index >= 15 is 0 Å². The Morgan fingerprint density at radius 3 is 1.56 bits per heavy atom. The van der Waals surface area contributed by atoms with Gasteiger partial charge in [0, 0.05) is 24.8 Å². The molecule has 3 heterocycles. The third-order valence-electron chi connectivity index (χ3n) is 2.39. The molecular weight excluding hydrogens is 386 g/mol. The molecule has 0 bridgehead atoms. The van der Waals surface area contributed by atoms with Gasteiger partial charge in [-0.25, -0.2) is 15.0 Å². The van der Waals surface area contributed by atoms with E-state index in [1.54, 1.807) is 24.8 Å². The summed E-state index contributed by atoms with van der Waals surface area (Å²) < 4.78 is 0. The fourth-order valence-electron chi connectivity index (χ4n) is 1.45. The van der Waals surface area contributed by atoms with Gasteiger partial charge < -0.3 is 40.7 Å². The third kappa shape index (κ3) is 6.93. The van der Waals surface area contributed by atoms with Crippen molar-refractivity contribution >= 4 is 11.9 Å². The fourth-order valence-corrected chi connectivity index (χ4v) is 1.45. The van der Waals surface area contributed by atoms with E-state index in [0.717, 1.165) is 23.8 Å². The van der Waals surface area contributed by atoms with Crippen LogP contribution in [0, 0.1) is 0 Å². The molecule has 0 saturated heterocycles. The molecule has 0 atom stereocenters. The Bertz CT molecular complexity index is 702. The molecule has 1 radical (unpaired) electrons. The van der Waals surface area contributed by atoms with E-state index < -0.39 is 23.3 Å². The van der Waals surface area contributed by atoms with Crippen LogP contribution in [0.3, 0.4) is 0 Å². The standard InChI is InChI=1S/C7H5NO4.C6H6N4.Cu.2H2O/c9-6(10)4-2-1-3-5(8-4)7(11)12;1-2-8-5(7-1)6-9-3-4-10-6;;;/h1-3H,(H,9,10)(H,11,12);1-4H,(H,7,8)(H,9,10);;2*1H2/q;;+2;;/p-1. The second-order valence-corrected chi connectivity index (χ2v) is 3.86. The van der Waals surface area contributed by atoms with Crippen LogP contribution >= 0.6 is 0 Å². The van der Waals surface area contributed by atoms with Gasteiger partial charge in [-0.3, -0.25) is 0 Å². The largest absolute Gasteiger partial charge is 2.00 e. The number of imidazole rings is 2. The SMILES string of the molecule is O.O=C([O-])c1cccc(C(=O)[O-])n1.[Cu+2].[OH3+].c1c[nH]c(-c2ncc[nH]2)n1. The van der Waals surface area contributed by atoms with Crippen LogP contribution in [0.2, 0.25) is 0 Å². The van der Waals surface area contributed by atoms with Crippen LogP contribution in [-0.4, -0.2) is 42.3 Å². The number of hydrogen-bond donors (Lipinski definition) is 2. The molecule has 0 unspecified atom stereocenters. The molecule has 0 aromatic carbocycles. The summed E-state index contributed by atoms with van der Waals surface area (Å²) in [7, 11) is 0. The number of carboxylic acids is 2. The predicted molar refractivity (Wildman–Crippen MR) is 77.6 cm³/mol. The molecule has 3 aromatic heterocycles. The summed E-state index contributed by atoms with van der Waals surface area (Å²) in [4.78, 5) is 37.5. The number of aromatic carboxylic acids is 2. The van der Waals surface area contributed by atoms with Gasteiger partial charge in [0.25, 0.3) is 0 Å². The van der Waals surface area contributed by atoms with Crippen molar-refractivity contribution in [2.75, 3.05) is 0 Å². The Balaban J connectivity index is 0. The summed E-state index contributed by atoms with van der Waals surface area (Å²) in [6.07, 6.45) is 6.91. The second-order valence-electron chi connectivity index (χ2n) is 3.86. The summed E-state index contributed by atoms with van der Waals surface area (Å²) in [5, 5.41) is 20.4. The Labute approximate surface area is 151 Å². The molecule has 12 heteroatoms. The van der Waals surface area contributed by atoms with Gasteiger partial charge >= 0.3 is 17.1 Å². The van der Waals surface area contributed by atoms with Crippen LogP contribution in [0.4, 0.5) is 0 Å². The van der Waals surface area contributed by atoms with Crippen LogP contribution in [0.5, 0.6) is 0 Å². The molecule has 0 aliphatic heterocycles. The minimum atomic E-state index is -1.52. The van der Waals surface area contributed by atoms with E-state index in [1.165, 1.54) is 6.07 Å². The topological polar surface area (TPSA) is 215 Å². The van der Waals surface area contributed by atoms with Gasteiger partial charge in [-0.1, -0.05) is 6.07 Å². The van der Waals surface area contributed by atoms with Crippen molar-refractivity contribution in [1.82, 2.24) is 24.9 Å². The van der Waals surface area contributed by atoms with Crippen LogP contribution in [0.1, 0.15) is 21.0 Å². The molecule has 7 N–H and O–H groups in total. The monoisotopic (exact) mass is 399 g/mol. The van der Waals surface area contributed by atoms with Gasteiger partial charge in [-0.2, -0.15) is 0 Å². The number of H-pyrrole nitrogens is 2. The van der Waals surface area contributed by atoms with Gasteiger partial charge in [-0.15, -0.1) is 0 Å². The molecule has 0 amide bonds. The van der Waals surface area contributed by atoms with Gasteiger partial charge in [0.2, 0.25) is 0 Å². The molecule has 0 spiro atoms. The Morgan fingerprint density at radius 2 is 1.28 bits per heavy atom. The van der Waals surface area contributed by atoms with Crippen molar-refractivity contribution in [2.24, 2.45) is 0 Å². The summed E-state index contributed by atoms with van der Waals surface area (Å²) in [5.74, 6) is -1.49. The van der Waals surface area contributed by atoms with Gasteiger partial charge in [-0.05, 0) is 12.1 Å². The van der Waals surface area contributed by atoms with Gasteiger partial charge in [0.15, 0.2) is 11.6 Å². The van der Waals surface area contributed by atoms with Crippen LogP contribution in [0.15, 0.2) is 43.0 Å². The predicted octanol–water partition coefficient (Wildman–Crippen LogP) is -3.14. The van der Waals surface area contributed by atoms with Crippen molar-refractivity contribution in [2.45, 2.75) is 0 Å². The fraction of sp³-hybridized carbons (Fsp3) is 0. The molecule has 0 fully saturated rings. The number of rotatable bonds is 3. The molecule has 137 valence electrons. The van der Waals surface area contributed by atoms with E-state index in [2.05, 4.69) is 24.9 Å². The molecule has 0 saturated carbocycles. The van der Waals surface area contributed by atoms with Gasteiger partial charge in [0.1, 0.15) is 0 Å². The van der Waals surface area contributed by atoms with Crippen LogP contribution in [-0.2, 0) is 22.5 Å². The summed E-state index contributed by atoms with van der Waals surface area (Å²) in [5.41, 5.74) is -0.839. The molecule has 3 aromatic rings.